The molecule has 0 spiro atoms. The highest BCUT2D eigenvalue weighted by Gasteiger charge is 2.36. The molecule has 4 rings (SSSR count). The minimum Gasteiger partial charge on any atom is -0.467 e. The Kier molecular flexibility index (Phi) is 8.03. The predicted octanol–water partition coefficient (Wildman–Crippen LogP) is 4.05. The molecule has 1 saturated heterocycles. The molecule has 12 heteroatoms. The number of methoxy groups -OCH3 is 1. The average molecular weight is 534 g/mol. The second kappa shape index (κ2) is 11.2. The maximum Gasteiger partial charge on any atom is 0.328 e. The summed E-state index contributed by atoms with van der Waals surface area (Å²) < 4.78 is 25.0. The zero-order chi connectivity index (χ0) is 26.7. The number of hydrogen-bond donors (Lipinski definition) is 0. The highest BCUT2D eigenvalue weighted by Crippen LogP contribution is 2.37. The fraction of sp³-hybridized carbons (Fsp3) is 0.400. The van der Waals surface area contributed by atoms with Gasteiger partial charge in [-0.3, -0.25) is 19.7 Å². The van der Waals surface area contributed by atoms with Gasteiger partial charge in [0.1, 0.15) is 18.5 Å². The number of amides is 2. The monoisotopic (exact) mass is 533 g/mol. The third-order valence-electron chi connectivity index (χ3n) is 6.57. The summed E-state index contributed by atoms with van der Waals surface area (Å²) in [6, 6.07) is 6.88. The van der Waals surface area contributed by atoms with E-state index in [2.05, 4.69) is 0 Å². The van der Waals surface area contributed by atoms with E-state index in [0.717, 1.165) is 6.07 Å². The van der Waals surface area contributed by atoms with E-state index in [-0.39, 0.29) is 35.3 Å². The predicted molar refractivity (Wildman–Crippen MR) is 131 cm³/mol. The molecule has 1 fully saturated rings. The van der Waals surface area contributed by atoms with Gasteiger partial charge in [0.25, 0.3) is 11.6 Å². The second-order valence-corrected chi connectivity index (χ2v) is 9.20. The SMILES string of the molecule is COC(=O)[C@@H]1CCCN1C(=O)COC1CCCN(C(=O)c2ccc([N+](=O)[O-])cc2Cl)c2ccc(F)cc21. The van der Waals surface area contributed by atoms with Crippen LogP contribution in [0.15, 0.2) is 36.4 Å². The summed E-state index contributed by atoms with van der Waals surface area (Å²) in [6.07, 6.45) is 1.38. The van der Waals surface area contributed by atoms with Crippen LogP contribution in [0.25, 0.3) is 0 Å². The van der Waals surface area contributed by atoms with E-state index in [1.165, 1.54) is 47.2 Å². The topological polar surface area (TPSA) is 119 Å². The van der Waals surface area contributed by atoms with Crippen molar-refractivity contribution in [1.29, 1.82) is 0 Å². The molecule has 0 radical (unpaired) electrons. The molecule has 2 aromatic rings. The van der Waals surface area contributed by atoms with Crippen LogP contribution in [-0.4, -0.2) is 60.5 Å². The summed E-state index contributed by atoms with van der Waals surface area (Å²) in [5, 5.41) is 11.0. The van der Waals surface area contributed by atoms with Crippen LogP contribution >= 0.6 is 11.6 Å². The Hall–Kier alpha value is -3.57. The first kappa shape index (κ1) is 26.5. The van der Waals surface area contributed by atoms with Crippen LogP contribution in [0.2, 0.25) is 5.02 Å². The minimum absolute atomic E-state index is 0.0694. The van der Waals surface area contributed by atoms with E-state index in [1.54, 1.807) is 0 Å². The third kappa shape index (κ3) is 5.57. The van der Waals surface area contributed by atoms with Gasteiger partial charge in [0.05, 0.1) is 28.7 Å². The van der Waals surface area contributed by atoms with Crippen molar-refractivity contribution in [2.45, 2.75) is 37.8 Å². The number of hydrogen-bond acceptors (Lipinski definition) is 7. The van der Waals surface area contributed by atoms with Gasteiger partial charge in [-0.2, -0.15) is 0 Å². The van der Waals surface area contributed by atoms with Crippen LogP contribution in [-0.2, 0) is 19.1 Å². The summed E-state index contributed by atoms with van der Waals surface area (Å²) in [4.78, 5) is 51.5. The number of rotatable bonds is 6. The first-order valence-corrected chi connectivity index (χ1v) is 12.1. The van der Waals surface area contributed by atoms with Crippen molar-refractivity contribution in [3.63, 3.8) is 0 Å². The Morgan fingerprint density at radius 1 is 1.14 bits per heavy atom. The van der Waals surface area contributed by atoms with Crippen molar-refractivity contribution in [2.24, 2.45) is 0 Å². The van der Waals surface area contributed by atoms with E-state index in [1.807, 2.05) is 0 Å². The molecule has 0 aliphatic carbocycles. The van der Waals surface area contributed by atoms with Crippen LogP contribution in [0.5, 0.6) is 0 Å². The largest absolute Gasteiger partial charge is 0.467 e. The molecule has 1 unspecified atom stereocenters. The molecule has 2 aliphatic heterocycles. The Labute approximate surface area is 217 Å². The number of likely N-dealkylation sites (tertiary alicyclic amines) is 1. The maximum atomic E-state index is 14.3. The number of nitro benzene ring substituents is 1. The van der Waals surface area contributed by atoms with Crippen LogP contribution in [0.4, 0.5) is 15.8 Å². The molecule has 37 heavy (non-hydrogen) atoms. The molecule has 2 atom stereocenters. The van der Waals surface area contributed by atoms with Crippen molar-refractivity contribution >= 4 is 40.8 Å². The molecule has 2 heterocycles. The molecule has 0 bridgehead atoms. The number of fused-ring (bicyclic) bond motifs is 1. The zero-order valence-corrected chi connectivity index (χ0v) is 20.8. The molecule has 2 amide bonds. The first-order valence-electron chi connectivity index (χ1n) is 11.8. The molecule has 2 aromatic carbocycles. The van der Waals surface area contributed by atoms with Crippen LogP contribution < -0.4 is 4.90 Å². The fourth-order valence-electron chi connectivity index (χ4n) is 4.76. The number of nitrogens with zero attached hydrogens (tertiary/aromatic N) is 3. The number of carbonyl (C=O) groups excluding carboxylic acids is 3. The van der Waals surface area contributed by atoms with Gasteiger partial charge in [-0.05, 0) is 49.9 Å². The van der Waals surface area contributed by atoms with Crippen LogP contribution in [0.1, 0.15) is 47.7 Å². The fourth-order valence-corrected chi connectivity index (χ4v) is 5.02. The second-order valence-electron chi connectivity index (χ2n) is 8.79. The van der Waals surface area contributed by atoms with Crippen molar-refractivity contribution in [2.75, 3.05) is 31.7 Å². The van der Waals surface area contributed by atoms with Crippen molar-refractivity contribution in [1.82, 2.24) is 4.90 Å². The van der Waals surface area contributed by atoms with Crippen molar-refractivity contribution < 1.29 is 33.2 Å². The highest BCUT2D eigenvalue weighted by molar-refractivity contribution is 6.34. The minimum atomic E-state index is -0.682. The molecular weight excluding hydrogens is 509 g/mol. The number of halogens is 2. The molecule has 10 nitrogen and oxygen atoms in total. The molecular formula is C25H25ClFN3O7. The number of esters is 1. The van der Waals surface area contributed by atoms with Crippen LogP contribution in [0.3, 0.4) is 0 Å². The van der Waals surface area contributed by atoms with Gasteiger partial charge in [-0.15, -0.1) is 0 Å². The normalized spacial score (nSPS) is 19.2. The summed E-state index contributed by atoms with van der Waals surface area (Å²) >= 11 is 6.19. The number of non-ortho nitro benzene ring substituents is 1. The average Bonchev–Trinajstić information content (AvgIpc) is 3.30. The quantitative estimate of drug-likeness (QED) is 0.312. The molecule has 0 N–H and O–H groups in total. The summed E-state index contributed by atoms with van der Waals surface area (Å²) in [7, 11) is 1.27. The summed E-state index contributed by atoms with van der Waals surface area (Å²) in [5.74, 6) is -1.89. The number of anilines is 1. The van der Waals surface area contributed by atoms with E-state index in [4.69, 9.17) is 21.1 Å². The number of benzene rings is 2. The lowest BCUT2D eigenvalue weighted by Crippen LogP contribution is -2.43. The highest BCUT2D eigenvalue weighted by atomic mass is 35.5. The van der Waals surface area contributed by atoms with Gasteiger partial charge >= 0.3 is 5.97 Å². The van der Waals surface area contributed by atoms with E-state index in [0.29, 0.717) is 43.5 Å². The third-order valence-corrected chi connectivity index (χ3v) is 6.88. The van der Waals surface area contributed by atoms with Crippen molar-refractivity contribution in [3.05, 3.63) is 68.5 Å². The van der Waals surface area contributed by atoms with Gasteiger partial charge in [0.15, 0.2) is 0 Å². The first-order chi connectivity index (χ1) is 17.7. The lowest BCUT2D eigenvalue weighted by Gasteiger charge is -2.26. The van der Waals surface area contributed by atoms with Gasteiger partial charge in [-0.1, -0.05) is 11.6 Å². The number of ether oxygens (including phenoxy) is 2. The Balaban J connectivity index is 1.56. The molecule has 2 aliphatic rings. The van der Waals surface area contributed by atoms with Crippen molar-refractivity contribution in [3.8, 4) is 0 Å². The Morgan fingerprint density at radius 3 is 2.59 bits per heavy atom. The van der Waals surface area contributed by atoms with Gasteiger partial charge in [0, 0.05) is 36.5 Å². The zero-order valence-electron chi connectivity index (χ0n) is 20.0. The lowest BCUT2D eigenvalue weighted by atomic mass is 10.0. The molecule has 196 valence electrons. The van der Waals surface area contributed by atoms with E-state index >= 15 is 0 Å². The Morgan fingerprint density at radius 2 is 1.89 bits per heavy atom. The van der Waals surface area contributed by atoms with Gasteiger partial charge < -0.3 is 19.3 Å². The standard InChI is InChI=1S/C25H25ClFN3O7/c1-36-25(33)21-4-2-10-28(21)23(31)14-37-22-5-3-11-29(20-9-6-15(27)12-18(20)22)24(32)17-8-7-16(30(34)35)13-19(17)26/h6-9,12-13,21-22H,2-5,10-11,14H2,1H3/t21-,22?/m0/s1. The van der Waals surface area contributed by atoms with Gasteiger partial charge in [-0.25, -0.2) is 9.18 Å². The van der Waals surface area contributed by atoms with E-state index in [9.17, 15) is 28.9 Å². The summed E-state index contributed by atoms with van der Waals surface area (Å²) in [5.41, 5.74) is 0.609. The van der Waals surface area contributed by atoms with E-state index < -0.39 is 34.8 Å². The molecule has 0 aromatic heterocycles. The number of nitro groups is 1. The van der Waals surface area contributed by atoms with Crippen LogP contribution in [0, 0.1) is 15.9 Å². The Bertz CT molecular complexity index is 1240. The smallest absolute Gasteiger partial charge is 0.328 e. The summed E-state index contributed by atoms with van der Waals surface area (Å²) in [6.45, 7) is 0.349. The molecule has 0 saturated carbocycles. The number of carbonyl (C=O) groups is 3. The van der Waals surface area contributed by atoms with Gasteiger partial charge in [0.2, 0.25) is 5.91 Å². The maximum absolute atomic E-state index is 14.3. The lowest BCUT2D eigenvalue weighted by molar-refractivity contribution is -0.384.